The van der Waals surface area contributed by atoms with Crippen LogP contribution >= 0.6 is 0 Å². The molecule has 1 aromatic carbocycles. The molecule has 0 bridgehead atoms. The third-order valence-electron chi connectivity index (χ3n) is 4.29. The number of sulfone groups is 1. The minimum atomic E-state index is -3.21. The maximum atomic E-state index is 12.6. The first-order valence-electron chi connectivity index (χ1n) is 7.08. The molecule has 0 spiro atoms. The largest absolute Gasteiger partial charge is 0.326 e. The molecule has 1 heterocycles. The topological polar surface area (TPSA) is 75.3 Å². The van der Waals surface area contributed by atoms with E-state index in [-0.39, 0.29) is 16.7 Å². The highest BCUT2D eigenvalue weighted by Gasteiger charge is 2.43. The molecule has 1 fully saturated rings. The predicted molar refractivity (Wildman–Crippen MR) is 82.9 cm³/mol. The molecular formula is C15H22N2O3S. The minimum Gasteiger partial charge on any atom is -0.326 e. The summed E-state index contributed by atoms with van der Waals surface area (Å²) in [4.78, 5) is 12.8. The van der Waals surface area contributed by atoms with Crippen molar-refractivity contribution in [3.8, 4) is 0 Å². The second-order valence-electron chi connectivity index (χ2n) is 5.99. The first-order valence-corrected chi connectivity index (χ1v) is 8.97. The van der Waals surface area contributed by atoms with E-state index in [1.165, 1.54) is 18.4 Å². The van der Waals surface area contributed by atoms with E-state index in [4.69, 9.17) is 0 Å². The Kier molecular flexibility index (Phi) is 4.39. The van der Waals surface area contributed by atoms with Gasteiger partial charge < -0.3 is 10.6 Å². The zero-order chi connectivity index (χ0) is 15.7. The molecule has 2 rings (SSSR count). The fourth-order valence-corrected chi connectivity index (χ4v) is 3.33. The molecule has 0 aliphatic carbocycles. The molecule has 1 amide bonds. The number of amides is 1. The van der Waals surface area contributed by atoms with Gasteiger partial charge in [-0.05, 0) is 43.1 Å². The Bertz CT molecular complexity index is 615. The summed E-state index contributed by atoms with van der Waals surface area (Å²) in [5.41, 5.74) is 0.231. The van der Waals surface area contributed by atoms with Crippen molar-refractivity contribution in [1.29, 1.82) is 0 Å². The van der Waals surface area contributed by atoms with Crippen LogP contribution in [-0.2, 0) is 14.6 Å². The number of anilines is 1. The summed E-state index contributed by atoms with van der Waals surface area (Å²) in [6.07, 6.45) is 1.98. The van der Waals surface area contributed by atoms with Crippen molar-refractivity contribution >= 4 is 21.4 Å². The van der Waals surface area contributed by atoms with Gasteiger partial charge in [0.05, 0.1) is 10.3 Å². The van der Waals surface area contributed by atoms with E-state index in [2.05, 4.69) is 24.5 Å². The zero-order valence-electron chi connectivity index (χ0n) is 12.6. The zero-order valence-corrected chi connectivity index (χ0v) is 13.5. The quantitative estimate of drug-likeness (QED) is 0.887. The molecule has 1 atom stereocenters. The van der Waals surface area contributed by atoms with E-state index in [9.17, 15) is 13.2 Å². The third kappa shape index (κ3) is 3.27. The van der Waals surface area contributed by atoms with Crippen molar-refractivity contribution in [3.63, 3.8) is 0 Å². The molecular weight excluding hydrogens is 288 g/mol. The monoisotopic (exact) mass is 310 g/mol. The Hall–Kier alpha value is -1.40. The predicted octanol–water partition coefficient (Wildman–Crippen LogP) is 1.66. The van der Waals surface area contributed by atoms with E-state index in [1.807, 2.05) is 0 Å². The van der Waals surface area contributed by atoms with Crippen molar-refractivity contribution in [2.75, 3.05) is 24.7 Å². The third-order valence-corrected chi connectivity index (χ3v) is 5.41. The summed E-state index contributed by atoms with van der Waals surface area (Å²) in [7, 11) is -3.21. The van der Waals surface area contributed by atoms with Crippen LogP contribution in [0.25, 0.3) is 0 Å². The van der Waals surface area contributed by atoms with Crippen LogP contribution in [0.2, 0.25) is 0 Å². The highest BCUT2D eigenvalue weighted by molar-refractivity contribution is 7.90. The number of benzene rings is 1. The summed E-state index contributed by atoms with van der Waals surface area (Å²) in [5.74, 6) is 0.234. The smallest absolute Gasteiger partial charge is 0.232 e. The van der Waals surface area contributed by atoms with Crippen LogP contribution in [0.4, 0.5) is 5.69 Å². The number of carbonyl (C=O) groups excluding carboxylic acids is 1. The molecule has 1 aliphatic heterocycles. The van der Waals surface area contributed by atoms with Crippen molar-refractivity contribution in [1.82, 2.24) is 5.32 Å². The molecule has 2 N–H and O–H groups in total. The van der Waals surface area contributed by atoms with E-state index in [0.29, 0.717) is 12.2 Å². The molecule has 0 saturated carbocycles. The van der Waals surface area contributed by atoms with Gasteiger partial charge in [-0.2, -0.15) is 0 Å². The first kappa shape index (κ1) is 16.0. The van der Waals surface area contributed by atoms with Gasteiger partial charge in [0.15, 0.2) is 9.84 Å². The molecule has 1 aromatic rings. The van der Waals surface area contributed by atoms with Gasteiger partial charge in [-0.25, -0.2) is 8.42 Å². The number of hydrogen-bond donors (Lipinski definition) is 2. The summed E-state index contributed by atoms with van der Waals surface area (Å²) >= 11 is 0. The van der Waals surface area contributed by atoms with Crippen LogP contribution < -0.4 is 10.6 Å². The van der Waals surface area contributed by atoms with Gasteiger partial charge in [0, 0.05) is 18.5 Å². The fraction of sp³-hybridized carbons (Fsp3) is 0.533. The minimum absolute atomic E-state index is 0.00499. The molecule has 21 heavy (non-hydrogen) atoms. The van der Waals surface area contributed by atoms with Crippen LogP contribution in [0.15, 0.2) is 29.2 Å². The molecule has 1 unspecified atom stereocenters. The maximum Gasteiger partial charge on any atom is 0.232 e. The first-order chi connectivity index (χ1) is 9.75. The number of hydrogen-bond acceptors (Lipinski definition) is 4. The molecule has 0 aromatic heterocycles. The Morgan fingerprint density at radius 1 is 1.29 bits per heavy atom. The van der Waals surface area contributed by atoms with Crippen LogP contribution in [0, 0.1) is 11.3 Å². The standard InChI is InChI=1S/C15H22N2O3S/c1-11(2)15(8-9-16-10-15)14(18)17-12-4-6-13(7-5-12)21(3,19)20/h4-7,11,16H,8-10H2,1-3H3,(H,17,18). The van der Waals surface area contributed by atoms with Crippen molar-refractivity contribution in [2.24, 2.45) is 11.3 Å². The van der Waals surface area contributed by atoms with Gasteiger partial charge in [-0.3, -0.25) is 4.79 Å². The Balaban J connectivity index is 2.16. The Labute approximate surface area is 126 Å². The van der Waals surface area contributed by atoms with Gasteiger partial charge in [0.25, 0.3) is 0 Å². The number of rotatable bonds is 4. The average molecular weight is 310 g/mol. The second-order valence-corrected chi connectivity index (χ2v) is 8.00. The number of carbonyl (C=O) groups is 1. The van der Waals surface area contributed by atoms with E-state index in [0.717, 1.165) is 13.0 Å². The van der Waals surface area contributed by atoms with Gasteiger partial charge in [0.1, 0.15) is 0 Å². The fourth-order valence-electron chi connectivity index (χ4n) is 2.70. The van der Waals surface area contributed by atoms with E-state index in [1.54, 1.807) is 12.1 Å². The van der Waals surface area contributed by atoms with Gasteiger partial charge in [-0.15, -0.1) is 0 Å². The SMILES string of the molecule is CC(C)C1(C(=O)Nc2ccc(S(C)(=O)=O)cc2)CCNC1. The molecule has 1 aliphatic rings. The van der Waals surface area contributed by atoms with E-state index >= 15 is 0 Å². The summed E-state index contributed by atoms with van der Waals surface area (Å²) in [6, 6.07) is 6.29. The second kappa shape index (κ2) is 5.77. The van der Waals surface area contributed by atoms with Gasteiger partial charge in [0.2, 0.25) is 5.91 Å². The molecule has 6 heteroatoms. The average Bonchev–Trinajstić information content (AvgIpc) is 2.89. The highest BCUT2D eigenvalue weighted by atomic mass is 32.2. The lowest BCUT2D eigenvalue weighted by Crippen LogP contribution is -2.42. The lowest BCUT2D eigenvalue weighted by Gasteiger charge is -2.31. The lowest BCUT2D eigenvalue weighted by atomic mass is 9.75. The van der Waals surface area contributed by atoms with Crippen molar-refractivity contribution in [3.05, 3.63) is 24.3 Å². The Morgan fingerprint density at radius 3 is 2.33 bits per heavy atom. The van der Waals surface area contributed by atoms with Crippen LogP contribution in [-0.4, -0.2) is 33.7 Å². The van der Waals surface area contributed by atoms with Crippen molar-refractivity contribution < 1.29 is 13.2 Å². The normalized spacial score (nSPS) is 22.5. The van der Waals surface area contributed by atoms with Crippen LogP contribution in [0.5, 0.6) is 0 Å². The summed E-state index contributed by atoms with van der Waals surface area (Å²) in [6.45, 7) is 5.63. The van der Waals surface area contributed by atoms with Crippen LogP contribution in [0.1, 0.15) is 20.3 Å². The van der Waals surface area contributed by atoms with E-state index < -0.39 is 15.3 Å². The summed E-state index contributed by atoms with van der Waals surface area (Å²) in [5, 5.41) is 6.16. The Morgan fingerprint density at radius 2 is 1.90 bits per heavy atom. The summed E-state index contributed by atoms with van der Waals surface area (Å²) < 4.78 is 22.8. The van der Waals surface area contributed by atoms with Crippen molar-refractivity contribution in [2.45, 2.75) is 25.2 Å². The van der Waals surface area contributed by atoms with Gasteiger partial charge in [-0.1, -0.05) is 13.8 Å². The highest BCUT2D eigenvalue weighted by Crippen LogP contribution is 2.35. The molecule has 116 valence electrons. The molecule has 1 saturated heterocycles. The number of nitrogens with one attached hydrogen (secondary N) is 2. The molecule has 0 radical (unpaired) electrons. The van der Waals surface area contributed by atoms with Crippen LogP contribution in [0.3, 0.4) is 0 Å². The lowest BCUT2D eigenvalue weighted by molar-refractivity contribution is -0.126. The van der Waals surface area contributed by atoms with Gasteiger partial charge >= 0.3 is 0 Å². The maximum absolute atomic E-state index is 12.6. The molecule has 5 nitrogen and oxygen atoms in total.